The normalized spacial score (nSPS) is 31.6. The maximum absolute atomic E-state index is 11.0. The molecular formula is C22H23NO6. The lowest BCUT2D eigenvalue weighted by Gasteiger charge is -2.47. The SMILES string of the molecule is CO[C@H]1O[C@@H]2COC(c3ccccc3)O[C@H]2[C@H](O)[C@H]1OCc1ccccc1C#N. The van der Waals surface area contributed by atoms with Gasteiger partial charge in [-0.2, -0.15) is 5.26 Å². The van der Waals surface area contributed by atoms with E-state index >= 15 is 0 Å². The third kappa shape index (κ3) is 4.19. The molecule has 7 nitrogen and oxygen atoms in total. The Morgan fingerprint density at radius 2 is 1.86 bits per heavy atom. The fourth-order valence-corrected chi connectivity index (χ4v) is 3.65. The standard InChI is InChI=1S/C22H23NO6/c1-25-22-20(26-12-16-10-6-5-9-15(16)11-23)18(24)19-17(28-22)13-27-21(29-19)14-7-3-2-4-8-14/h2-10,17-22,24H,12-13H2,1H3/t17-,18+,19-,20-,21?,22+/m1/s1. The summed E-state index contributed by atoms with van der Waals surface area (Å²) in [5, 5.41) is 20.3. The third-order valence-electron chi connectivity index (χ3n) is 5.18. The Morgan fingerprint density at radius 1 is 1.10 bits per heavy atom. The maximum Gasteiger partial charge on any atom is 0.186 e. The van der Waals surface area contributed by atoms with Gasteiger partial charge < -0.3 is 28.8 Å². The molecule has 6 atom stereocenters. The minimum Gasteiger partial charge on any atom is -0.387 e. The highest BCUT2D eigenvalue weighted by Crippen LogP contribution is 2.35. The largest absolute Gasteiger partial charge is 0.387 e. The Morgan fingerprint density at radius 3 is 2.62 bits per heavy atom. The van der Waals surface area contributed by atoms with E-state index in [4.69, 9.17) is 23.7 Å². The van der Waals surface area contributed by atoms with E-state index in [9.17, 15) is 10.4 Å². The van der Waals surface area contributed by atoms with Crippen molar-refractivity contribution in [2.24, 2.45) is 0 Å². The van der Waals surface area contributed by atoms with Gasteiger partial charge in [-0.1, -0.05) is 48.5 Å². The minimum absolute atomic E-state index is 0.144. The van der Waals surface area contributed by atoms with Crippen molar-refractivity contribution in [3.63, 3.8) is 0 Å². The summed E-state index contributed by atoms with van der Waals surface area (Å²) in [5.41, 5.74) is 2.12. The van der Waals surface area contributed by atoms with Crippen LogP contribution in [0.25, 0.3) is 0 Å². The molecule has 0 spiro atoms. The summed E-state index contributed by atoms with van der Waals surface area (Å²) in [7, 11) is 1.49. The van der Waals surface area contributed by atoms with Crippen LogP contribution in [0.1, 0.15) is 23.0 Å². The van der Waals surface area contributed by atoms with Crippen LogP contribution in [0.15, 0.2) is 54.6 Å². The molecule has 2 fully saturated rings. The Bertz CT molecular complexity index is 854. The highest BCUT2D eigenvalue weighted by atomic mass is 16.8. The lowest BCUT2D eigenvalue weighted by atomic mass is 9.97. The van der Waals surface area contributed by atoms with Crippen molar-refractivity contribution < 1.29 is 28.8 Å². The Labute approximate surface area is 169 Å². The van der Waals surface area contributed by atoms with Crippen molar-refractivity contribution in [3.05, 3.63) is 71.3 Å². The second-order valence-corrected chi connectivity index (χ2v) is 6.99. The van der Waals surface area contributed by atoms with E-state index in [0.717, 1.165) is 11.1 Å². The molecule has 4 rings (SSSR count). The molecular weight excluding hydrogens is 374 g/mol. The van der Waals surface area contributed by atoms with Gasteiger partial charge in [0.1, 0.15) is 24.4 Å². The van der Waals surface area contributed by atoms with Crippen molar-refractivity contribution in [1.29, 1.82) is 5.26 Å². The van der Waals surface area contributed by atoms with Crippen molar-refractivity contribution in [2.75, 3.05) is 13.7 Å². The summed E-state index contributed by atoms with van der Waals surface area (Å²) in [5.74, 6) is 0. The zero-order chi connectivity index (χ0) is 20.2. The van der Waals surface area contributed by atoms with Gasteiger partial charge in [-0.15, -0.1) is 0 Å². The summed E-state index contributed by atoms with van der Waals surface area (Å²) in [6, 6.07) is 18.9. The number of hydrogen-bond donors (Lipinski definition) is 1. The molecule has 0 aromatic heterocycles. The molecule has 2 aromatic rings. The molecule has 2 aliphatic heterocycles. The molecule has 7 heteroatoms. The second kappa shape index (κ2) is 9.01. The molecule has 2 aliphatic rings. The number of ether oxygens (including phenoxy) is 5. The number of methoxy groups -OCH3 is 1. The predicted octanol–water partition coefficient (Wildman–Crippen LogP) is 2.29. The van der Waals surface area contributed by atoms with Crippen LogP contribution < -0.4 is 0 Å². The first-order valence-electron chi connectivity index (χ1n) is 9.49. The van der Waals surface area contributed by atoms with Crippen LogP contribution in [0.3, 0.4) is 0 Å². The number of rotatable bonds is 5. The summed E-state index contributed by atoms with van der Waals surface area (Å²) in [4.78, 5) is 0. The first-order chi connectivity index (χ1) is 14.2. The molecule has 1 unspecified atom stereocenters. The first kappa shape index (κ1) is 20.0. The third-order valence-corrected chi connectivity index (χ3v) is 5.18. The highest BCUT2D eigenvalue weighted by Gasteiger charge is 2.50. The van der Waals surface area contributed by atoms with Crippen LogP contribution in [0, 0.1) is 11.3 Å². The number of fused-ring (bicyclic) bond motifs is 1. The van der Waals surface area contributed by atoms with Crippen LogP contribution >= 0.6 is 0 Å². The molecule has 2 heterocycles. The fourth-order valence-electron chi connectivity index (χ4n) is 3.65. The number of benzene rings is 2. The van der Waals surface area contributed by atoms with Crippen LogP contribution in [-0.4, -0.2) is 49.5 Å². The van der Waals surface area contributed by atoms with E-state index < -0.39 is 37.0 Å². The summed E-state index contributed by atoms with van der Waals surface area (Å²) >= 11 is 0. The molecule has 0 aliphatic carbocycles. The zero-order valence-electron chi connectivity index (χ0n) is 16.0. The van der Waals surface area contributed by atoms with Crippen molar-refractivity contribution in [2.45, 2.75) is 43.6 Å². The van der Waals surface area contributed by atoms with E-state index in [-0.39, 0.29) is 13.2 Å². The van der Waals surface area contributed by atoms with Gasteiger partial charge in [0.2, 0.25) is 0 Å². The Hall–Kier alpha value is -2.31. The Balaban J connectivity index is 1.48. The van der Waals surface area contributed by atoms with E-state index in [1.165, 1.54) is 7.11 Å². The lowest BCUT2D eigenvalue weighted by Crippen LogP contribution is -2.62. The predicted molar refractivity (Wildman–Crippen MR) is 101 cm³/mol. The quantitative estimate of drug-likeness (QED) is 0.828. The van der Waals surface area contributed by atoms with Crippen LogP contribution in [0.4, 0.5) is 0 Å². The Kier molecular flexibility index (Phi) is 6.21. The van der Waals surface area contributed by atoms with Crippen molar-refractivity contribution in [3.8, 4) is 6.07 Å². The highest BCUT2D eigenvalue weighted by molar-refractivity contribution is 5.36. The van der Waals surface area contributed by atoms with Gasteiger partial charge in [0.15, 0.2) is 12.6 Å². The zero-order valence-corrected chi connectivity index (χ0v) is 16.0. The van der Waals surface area contributed by atoms with Gasteiger partial charge in [-0.25, -0.2) is 0 Å². The van der Waals surface area contributed by atoms with Crippen LogP contribution in [-0.2, 0) is 30.3 Å². The molecule has 2 aromatic carbocycles. The molecule has 29 heavy (non-hydrogen) atoms. The summed E-state index contributed by atoms with van der Waals surface area (Å²) < 4.78 is 29.1. The second-order valence-electron chi connectivity index (χ2n) is 6.99. The first-order valence-corrected chi connectivity index (χ1v) is 9.49. The summed E-state index contributed by atoms with van der Waals surface area (Å²) in [6.07, 6.45) is -4.22. The van der Waals surface area contributed by atoms with Crippen molar-refractivity contribution in [1.82, 2.24) is 0 Å². The van der Waals surface area contributed by atoms with Gasteiger partial charge in [-0.05, 0) is 11.6 Å². The average molecular weight is 397 g/mol. The molecule has 152 valence electrons. The average Bonchev–Trinajstić information content (AvgIpc) is 2.79. The molecule has 0 amide bonds. The van der Waals surface area contributed by atoms with Gasteiger partial charge in [0.25, 0.3) is 0 Å². The molecule has 2 saturated heterocycles. The van der Waals surface area contributed by atoms with Gasteiger partial charge in [0, 0.05) is 12.7 Å². The smallest absolute Gasteiger partial charge is 0.186 e. The van der Waals surface area contributed by atoms with Crippen molar-refractivity contribution >= 4 is 0 Å². The van der Waals surface area contributed by atoms with Gasteiger partial charge >= 0.3 is 0 Å². The van der Waals surface area contributed by atoms with Crippen LogP contribution in [0.5, 0.6) is 0 Å². The maximum atomic E-state index is 11.0. The number of nitriles is 1. The van der Waals surface area contributed by atoms with E-state index in [2.05, 4.69) is 6.07 Å². The number of aliphatic hydroxyl groups excluding tert-OH is 1. The molecule has 1 N–H and O–H groups in total. The molecule has 0 saturated carbocycles. The number of aliphatic hydroxyl groups is 1. The van der Waals surface area contributed by atoms with E-state index in [1.54, 1.807) is 12.1 Å². The minimum atomic E-state index is -0.983. The monoisotopic (exact) mass is 397 g/mol. The summed E-state index contributed by atoms with van der Waals surface area (Å²) in [6.45, 7) is 0.413. The van der Waals surface area contributed by atoms with E-state index in [1.807, 2.05) is 42.5 Å². The van der Waals surface area contributed by atoms with Gasteiger partial charge in [0.05, 0.1) is 24.8 Å². The van der Waals surface area contributed by atoms with Gasteiger partial charge in [-0.3, -0.25) is 0 Å². The number of nitrogens with zero attached hydrogens (tertiary/aromatic N) is 1. The fraction of sp³-hybridized carbons (Fsp3) is 0.409. The van der Waals surface area contributed by atoms with E-state index in [0.29, 0.717) is 5.56 Å². The molecule has 0 bridgehead atoms. The molecule has 0 radical (unpaired) electrons. The van der Waals surface area contributed by atoms with Crippen LogP contribution in [0.2, 0.25) is 0 Å². The topological polar surface area (TPSA) is 90.2 Å². The lowest BCUT2D eigenvalue weighted by molar-refractivity contribution is -0.363. The number of hydrogen-bond acceptors (Lipinski definition) is 7.